The molecule has 0 heterocycles. The number of hydrogen-bond acceptors (Lipinski definition) is 3. The SMILES string of the molecule is O=C(CCO)Nc1ccccc1O. The summed E-state index contributed by atoms with van der Waals surface area (Å²) in [6.45, 7) is -0.195. The number of hydrogen-bond donors (Lipinski definition) is 3. The Labute approximate surface area is 75.8 Å². The Hall–Kier alpha value is -1.55. The predicted octanol–water partition coefficient (Wildman–Crippen LogP) is 0.713. The molecule has 0 radical (unpaired) electrons. The molecule has 0 saturated carbocycles. The lowest BCUT2D eigenvalue weighted by Gasteiger charge is -2.05. The largest absolute Gasteiger partial charge is 0.506 e. The van der Waals surface area contributed by atoms with Gasteiger partial charge in [0.2, 0.25) is 5.91 Å². The summed E-state index contributed by atoms with van der Waals surface area (Å²) in [5.74, 6) is -0.294. The Morgan fingerprint density at radius 3 is 2.69 bits per heavy atom. The molecule has 0 fully saturated rings. The lowest BCUT2D eigenvalue weighted by atomic mass is 10.3. The van der Waals surface area contributed by atoms with Gasteiger partial charge in [-0.05, 0) is 12.1 Å². The highest BCUT2D eigenvalue weighted by atomic mass is 16.3. The van der Waals surface area contributed by atoms with Gasteiger partial charge in [-0.15, -0.1) is 0 Å². The topological polar surface area (TPSA) is 69.6 Å². The van der Waals surface area contributed by atoms with E-state index in [9.17, 15) is 9.90 Å². The highest BCUT2D eigenvalue weighted by Crippen LogP contribution is 2.21. The van der Waals surface area contributed by atoms with Gasteiger partial charge in [0.1, 0.15) is 5.75 Å². The molecule has 1 rings (SSSR count). The van der Waals surface area contributed by atoms with Gasteiger partial charge < -0.3 is 15.5 Å². The average Bonchev–Trinajstić information content (AvgIpc) is 2.09. The second-order valence-electron chi connectivity index (χ2n) is 2.54. The van der Waals surface area contributed by atoms with E-state index in [1.807, 2.05) is 0 Å². The van der Waals surface area contributed by atoms with Crippen LogP contribution in [0.25, 0.3) is 0 Å². The fourth-order valence-corrected chi connectivity index (χ4v) is 0.894. The molecule has 0 bridgehead atoms. The van der Waals surface area contributed by atoms with Crippen molar-refractivity contribution in [2.75, 3.05) is 11.9 Å². The van der Waals surface area contributed by atoms with Crippen LogP contribution >= 0.6 is 0 Å². The summed E-state index contributed by atoms with van der Waals surface area (Å²) in [6, 6.07) is 6.43. The van der Waals surface area contributed by atoms with Crippen LogP contribution in [0.5, 0.6) is 5.75 Å². The lowest BCUT2D eigenvalue weighted by molar-refractivity contribution is -0.116. The minimum absolute atomic E-state index is 0.0220. The number of phenols is 1. The van der Waals surface area contributed by atoms with Crippen LogP contribution < -0.4 is 5.32 Å². The molecule has 0 saturated heterocycles. The monoisotopic (exact) mass is 181 g/mol. The number of benzene rings is 1. The number of anilines is 1. The van der Waals surface area contributed by atoms with E-state index in [2.05, 4.69) is 5.32 Å². The van der Waals surface area contributed by atoms with Crippen molar-refractivity contribution in [3.8, 4) is 5.75 Å². The van der Waals surface area contributed by atoms with Gasteiger partial charge in [-0.3, -0.25) is 4.79 Å². The minimum Gasteiger partial charge on any atom is -0.506 e. The molecule has 0 spiro atoms. The molecule has 1 aromatic rings. The summed E-state index contributed by atoms with van der Waals surface area (Å²) in [5.41, 5.74) is 0.362. The van der Waals surface area contributed by atoms with Crippen molar-refractivity contribution in [3.63, 3.8) is 0 Å². The van der Waals surface area contributed by atoms with Gasteiger partial charge in [0.05, 0.1) is 18.7 Å². The van der Waals surface area contributed by atoms with Crippen molar-refractivity contribution >= 4 is 11.6 Å². The Morgan fingerprint density at radius 1 is 1.38 bits per heavy atom. The van der Waals surface area contributed by atoms with Crippen LogP contribution in [0, 0.1) is 0 Å². The number of carbonyl (C=O) groups excluding carboxylic acids is 1. The molecule has 4 heteroatoms. The van der Waals surface area contributed by atoms with Crippen LogP contribution in [0.1, 0.15) is 6.42 Å². The van der Waals surface area contributed by atoms with E-state index in [1.165, 1.54) is 6.07 Å². The van der Waals surface area contributed by atoms with Crippen LogP contribution in [0.4, 0.5) is 5.69 Å². The summed E-state index contributed by atoms with van der Waals surface area (Å²) in [6.07, 6.45) is 0.0360. The lowest BCUT2D eigenvalue weighted by Crippen LogP contribution is -2.12. The molecule has 13 heavy (non-hydrogen) atoms. The van der Waals surface area contributed by atoms with Crippen molar-refractivity contribution in [2.45, 2.75) is 6.42 Å². The van der Waals surface area contributed by atoms with E-state index in [0.29, 0.717) is 5.69 Å². The van der Waals surface area contributed by atoms with E-state index in [1.54, 1.807) is 18.2 Å². The first-order valence-electron chi connectivity index (χ1n) is 3.92. The Morgan fingerprint density at radius 2 is 2.08 bits per heavy atom. The maximum Gasteiger partial charge on any atom is 0.226 e. The Kier molecular flexibility index (Phi) is 3.28. The third-order valence-electron chi connectivity index (χ3n) is 1.52. The molecule has 4 nitrogen and oxygen atoms in total. The smallest absolute Gasteiger partial charge is 0.226 e. The number of phenolic OH excluding ortho intramolecular Hbond substituents is 1. The number of para-hydroxylation sites is 2. The van der Waals surface area contributed by atoms with E-state index in [-0.39, 0.29) is 24.7 Å². The van der Waals surface area contributed by atoms with Gasteiger partial charge in [0, 0.05) is 0 Å². The number of carbonyl (C=O) groups is 1. The van der Waals surface area contributed by atoms with Crippen LogP contribution in [0.2, 0.25) is 0 Å². The van der Waals surface area contributed by atoms with E-state index >= 15 is 0 Å². The number of aromatic hydroxyl groups is 1. The standard InChI is InChI=1S/C9H11NO3/c11-6-5-9(13)10-7-3-1-2-4-8(7)12/h1-4,11-12H,5-6H2,(H,10,13). The molecule has 0 unspecified atom stereocenters. The van der Waals surface area contributed by atoms with E-state index < -0.39 is 0 Å². The molecule has 0 atom stereocenters. The highest BCUT2D eigenvalue weighted by molar-refractivity contribution is 5.92. The van der Waals surface area contributed by atoms with Gasteiger partial charge in [0.25, 0.3) is 0 Å². The fourth-order valence-electron chi connectivity index (χ4n) is 0.894. The summed E-state index contributed by atoms with van der Waals surface area (Å²) in [5, 5.41) is 20.2. The Bertz CT molecular complexity index is 299. The third kappa shape index (κ3) is 2.76. The molecule has 70 valence electrons. The quantitative estimate of drug-likeness (QED) is 0.601. The number of aliphatic hydroxyl groups excluding tert-OH is 1. The fraction of sp³-hybridized carbons (Fsp3) is 0.222. The Balaban J connectivity index is 2.63. The van der Waals surface area contributed by atoms with Crippen LogP contribution in [0.3, 0.4) is 0 Å². The van der Waals surface area contributed by atoms with Gasteiger partial charge in [-0.1, -0.05) is 12.1 Å². The summed E-state index contributed by atoms with van der Waals surface area (Å²) < 4.78 is 0. The summed E-state index contributed by atoms with van der Waals surface area (Å²) >= 11 is 0. The van der Waals surface area contributed by atoms with Crippen LogP contribution in [0.15, 0.2) is 24.3 Å². The average molecular weight is 181 g/mol. The second kappa shape index (κ2) is 4.47. The van der Waals surface area contributed by atoms with Gasteiger partial charge >= 0.3 is 0 Å². The maximum absolute atomic E-state index is 11.0. The molecular weight excluding hydrogens is 170 g/mol. The zero-order chi connectivity index (χ0) is 9.68. The number of rotatable bonds is 3. The first-order chi connectivity index (χ1) is 6.24. The minimum atomic E-state index is -0.316. The molecular formula is C9H11NO3. The summed E-state index contributed by atoms with van der Waals surface area (Å²) in [7, 11) is 0. The molecule has 0 aliphatic carbocycles. The zero-order valence-corrected chi connectivity index (χ0v) is 7.03. The zero-order valence-electron chi connectivity index (χ0n) is 7.03. The third-order valence-corrected chi connectivity index (χ3v) is 1.52. The maximum atomic E-state index is 11.0. The van der Waals surface area contributed by atoms with Crippen LogP contribution in [-0.2, 0) is 4.79 Å². The van der Waals surface area contributed by atoms with Crippen molar-refractivity contribution in [3.05, 3.63) is 24.3 Å². The molecule has 1 aromatic carbocycles. The predicted molar refractivity (Wildman–Crippen MR) is 48.4 cm³/mol. The number of aliphatic hydroxyl groups is 1. The van der Waals surface area contributed by atoms with E-state index in [0.717, 1.165) is 0 Å². The van der Waals surface area contributed by atoms with Crippen molar-refractivity contribution in [1.82, 2.24) is 0 Å². The van der Waals surface area contributed by atoms with Crippen molar-refractivity contribution < 1.29 is 15.0 Å². The molecule has 3 N–H and O–H groups in total. The van der Waals surface area contributed by atoms with E-state index in [4.69, 9.17) is 5.11 Å². The first kappa shape index (κ1) is 9.54. The first-order valence-corrected chi connectivity index (χ1v) is 3.92. The van der Waals surface area contributed by atoms with Gasteiger partial charge in [0.15, 0.2) is 0 Å². The second-order valence-corrected chi connectivity index (χ2v) is 2.54. The molecule has 1 amide bonds. The molecule has 0 aliphatic heterocycles. The van der Waals surface area contributed by atoms with Gasteiger partial charge in [-0.25, -0.2) is 0 Å². The highest BCUT2D eigenvalue weighted by Gasteiger charge is 2.03. The van der Waals surface area contributed by atoms with Gasteiger partial charge in [-0.2, -0.15) is 0 Å². The summed E-state index contributed by atoms with van der Waals surface area (Å²) in [4.78, 5) is 11.0. The van der Waals surface area contributed by atoms with Crippen LogP contribution in [-0.4, -0.2) is 22.7 Å². The molecule has 0 aromatic heterocycles. The van der Waals surface area contributed by atoms with Crippen molar-refractivity contribution in [2.24, 2.45) is 0 Å². The normalized spacial score (nSPS) is 9.62. The molecule has 0 aliphatic rings. The number of amides is 1. The number of nitrogens with one attached hydrogen (secondary N) is 1. The van der Waals surface area contributed by atoms with Crippen molar-refractivity contribution in [1.29, 1.82) is 0 Å².